The molecule has 0 aromatic heterocycles. The second-order valence-corrected chi connectivity index (χ2v) is 7.70. The molecule has 0 aliphatic heterocycles. The minimum absolute atomic E-state index is 0.592. The van der Waals surface area contributed by atoms with Gasteiger partial charge in [0.15, 0.2) is 0 Å². The Hall–Kier alpha value is 0.930. The molecule has 0 heterocycles. The van der Waals surface area contributed by atoms with E-state index in [0.29, 0.717) is 5.21 Å². The van der Waals surface area contributed by atoms with E-state index in [1.54, 1.807) is 0 Å². The first-order chi connectivity index (χ1) is 2.56. The predicted octanol–water partition coefficient (Wildman–Crippen LogP) is 2.40. The fourth-order valence-corrected chi connectivity index (χ4v) is 0. The van der Waals surface area contributed by atoms with Gasteiger partial charge in [0.25, 0.3) is 0 Å². The Morgan fingerprint density at radius 3 is 1.67 bits per heavy atom. The molecule has 0 aliphatic carbocycles. The summed E-state index contributed by atoms with van der Waals surface area (Å²) in [5.41, 5.74) is 0. The molecule has 0 nitrogen and oxygen atoms in total. The van der Waals surface area contributed by atoms with Crippen LogP contribution in [0.1, 0.15) is 0 Å². The SMILES string of the molecule is CS(C)(Cl)CCl. The summed E-state index contributed by atoms with van der Waals surface area (Å²) >= 11 is 5.38. The second kappa shape index (κ2) is 2.29. The normalized spacial score (nSPS) is 14.7. The van der Waals surface area contributed by atoms with Crippen LogP contribution < -0.4 is 0 Å². The highest BCUT2D eigenvalue weighted by atomic mass is 35.7. The maximum Gasteiger partial charge on any atom is 0.0642 e. The number of rotatable bonds is 1. The molecule has 0 radical (unpaired) electrons. The van der Waals surface area contributed by atoms with E-state index in [-0.39, 0.29) is 0 Å². The summed E-state index contributed by atoms with van der Waals surface area (Å²) < 4.78 is 0. The molecule has 0 atom stereocenters. The third-order valence-corrected chi connectivity index (χ3v) is 3.08. The van der Waals surface area contributed by atoms with Gasteiger partial charge in [0.05, 0.1) is 5.21 Å². The molecule has 6 heavy (non-hydrogen) atoms. The van der Waals surface area contributed by atoms with Crippen LogP contribution in [0.4, 0.5) is 0 Å². The molecule has 3 heteroatoms. The molecule has 0 amide bonds. The van der Waals surface area contributed by atoms with Crippen LogP contribution in [0.2, 0.25) is 0 Å². The van der Waals surface area contributed by atoms with Crippen LogP contribution in [-0.2, 0) is 0 Å². The van der Waals surface area contributed by atoms with Crippen molar-refractivity contribution in [2.24, 2.45) is 0 Å². The maximum atomic E-state index is 5.67. The van der Waals surface area contributed by atoms with Gasteiger partial charge in [0.2, 0.25) is 0 Å². The average Bonchev–Trinajstić information content (AvgIpc) is 1.35. The molecule has 0 rings (SSSR count). The standard InChI is InChI=1S/C3H8Cl2S/c1-6(2,5)3-4/h3H2,1-2H3. The fourth-order valence-electron chi connectivity index (χ4n) is 0. The Kier molecular flexibility index (Phi) is 2.65. The fraction of sp³-hybridized carbons (Fsp3) is 1.00. The highest BCUT2D eigenvalue weighted by Crippen LogP contribution is 2.45. The Balaban J connectivity index is 3.17. The van der Waals surface area contributed by atoms with E-state index in [1.807, 2.05) is 12.5 Å². The average molecular weight is 147 g/mol. The zero-order valence-electron chi connectivity index (χ0n) is 3.87. The van der Waals surface area contributed by atoms with Crippen molar-refractivity contribution in [3.05, 3.63) is 0 Å². The highest BCUT2D eigenvalue weighted by Gasteiger charge is 2.00. The van der Waals surface area contributed by atoms with Crippen LogP contribution in [0, 0.1) is 0 Å². The third-order valence-electron chi connectivity index (χ3n) is 0.259. The van der Waals surface area contributed by atoms with E-state index in [1.165, 1.54) is 0 Å². The zero-order valence-corrected chi connectivity index (χ0v) is 6.20. The van der Waals surface area contributed by atoms with Crippen molar-refractivity contribution in [1.82, 2.24) is 0 Å². The molecule has 0 saturated carbocycles. The summed E-state index contributed by atoms with van der Waals surface area (Å²) in [5, 5.41) is 0.592. The van der Waals surface area contributed by atoms with Crippen molar-refractivity contribution in [3.8, 4) is 0 Å². The Morgan fingerprint density at radius 2 is 1.67 bits per heavy atom. The largest absolute Gasteiger partial charge is 0.155 e. The quantitative estimate of drug-likeness (QED) is 0.499. The first-order valence-corrected chi connectivity index (χ1v) is 5.51. The van der Waals surface area contributed by atoms with Gasteiger partial charge in [-0.05, 0) is 12.5 Å². The molecule has 0 aromatic rings. The van der Waals surface area contributed by atoms with Gasteiger partial charge in [-0.2, -0.15) is 9.24 Å². The van der Waals surface area contributed by atoms with Crippen LogP contribution >= 0.6 is 31.5 Å². The maximum absolute atomic E-state index is 5.67. The molecule has 0 fully saturated rings. The van der Waals surface area contributed by atoms with Crippen molar-refractivity contribution in [3.63, 3.8) is 0 Å². The minimum Gasteiger partial charge on any atom is -0.155 e. The van der Waals surface area contributed by atoms with Crippen LogP contribution in [0.3, 0.4) is 0 Å². The van der Waals surface area contributed by atoms with Gasteiger partial charge < -0.3 is 0 Å². The molecule has 0 spiro atoms. The summed E-state index contributed by atoms with van der Waals surface area (Å²) in [5.74, 6) is 0. The van der Waals surface area contributed by atoms with Gasteiger partial charge in [-0.15, -0.1) is 11.6 Å². The molecular formula is C3H8Cl2S. The molecule has 0 aliphatic rings. The van der Waals surface area contributed by atoms with Crippen molar-refractivity contribution in [1.29, 1.82) is 0 Å². The summed E-state index contributed by atoms with van der Waals surface area (Å²) in [6.07, 6.45) is 3.92. The van der Waals surface area contributed by atoms with Gasteiger partial charge >= 0.3 is 0 Å². The lowest BCUT2D eigenvalue weighted by Crippen LogP contribution is -1.81. The summed E-state index contributed by atoms with van der Waals surface area (Å²) in [6, 6.07) is 0. The summed E-state index contributed by atoms with van der Waals surface area (Å²) in [6.45, 7) is 0. The number of alkyl halides is 1. The van der Waals surface area contributed by atoms with Crippen LogP contribution in [0.5, 0.6) is 0 Å². The van der Waals surface area contributed by atoms with Gasteiger partial charge in [0.1, 0.15) is 0 Å². The van der Waals surface area contributed by atoms with E-state index in [4.69, 9.17) is 22.3 Å². The van der Waals surface area contributed by atoms with Gasteiger partial charge in [0, 0.05) is 0 Å². The zero-order chi connectivity index (χ0) is 5.21. The lowest BCUT2D eigenvalue weighted by molar-refractivity contribution is 2.07. The minimum atomic E-state index is -0.924. The molecule has 0 bridgehead atoms. The first kappa shape index (κ1) is 6.93. The van der Waals surface area contributed by atoms with Crippen LogP contribution in [-0.4, -0.2) is 17.7 Å². The molecule has 0 aromatic carbocycles. The lowest BCUT2D eigenvalue weighted by atomic mass is 11.8. The molecular weight excluding hydrogens is 139 g/mol. The predicted molar refractivity (Wildman–Crippen MR) is 36.0 cm³/mol. The smallest absolute Gasteiger partial charge is 0.0642 e. The number of halogens is 2. The van der Waals surface area contributed by atoms with Gasteiger partial charge in [-0.1, -0.05) is 10.7 Å². The van der Waals surface area contributed by atoms with Crippen LogP contribution in [0.25, 0.3) is 0 Å². The molecule has 0 unspecified atom stereocenters. The van der Waals surface area contributed by atoms with E-state index in [2.05, 4.69) is 0 Å². The second-order valence-electron chi connectivity index (χ2n) is 1.51. The highest BCUT2D eigenvalue weighted by molar-refractivity contribution is 8.50. The third kappa shape index (κ3) is 4.93. The first-order valence-electron chi connectivity index (χ1n) is 1.53. The van der Waals surface area contributed by atoms with E-state index < -0.39 is 9.24 Å². The van der Waals surface area contributed by atoms with Crippen molar-refractivity contribution >= 4 is 31.5 Å². The number of hydrogen-bond acceptors (Lipinski definition) is 0. The number of hydrogen-bond donors (Lipinski definition) is 0. The van der Waals surface area contributed by atoms with Crippen molar-refractivity contribution in [2.45, 2.75) is 0 Å². The summed E-state index contributed by atoms with van der Waals surface area (Å²) in [4.78, 5) is 0. The van der Waals surface area contributed by atoms with E-state index in [9.17, 15) is 0 Å². The summed E-state index contributed by atoms with van der Waals surface area (Å²) in [7, 11) is 4.74. The molecule has 0 saturated heterocycles. The van der Waals surface area contributed by atoms with Gasteiger partial charge in [-0.25, -0.2) is 0 Å². The van der Waals surface area contributed by atoms with Crippen LogP contribution in [0.15, 0.2) is 0 Å². The monoisotopic (exact) mass is 146 g/mol. The molecule has 40 valence electrons. The van der Waals surface area contributed by atoms with E-state index in [0.717, 1.165) is 0 Å². The lowest BCUT2D eigenvalue weighted by Gasteiger charge is -2.15. The van der Waals surface area contributed by atoms with Crippen molar-refractivity contribution in [2.75, 3.05) is 17.7 Å². The van der Waals surface area contributed by atoms with Gasteiger partial charge in [-0.3, -0.25) is 0 Å². The van der Waals surface area contributed by atoms with E-state index >= 15 is 0 Å². The van der Waals surface area contributed by atoms with Crippen molar-refractivity contribution < 1.29 is 0 Å². The Labute approximate surface area is 49.6 Å². The molecule has 0 N–H and O–H groups in total. The Bertz CT molecular complexity index is 38.5. The Morgan fingerprint density at radius 1 is 1.50 bits per heavy atom. The topological polar surface area (TPSA) is 0 Å².